The fraction of sp³-hybridized carbons (Fsp3) is 0.619. The summed E-state index contributed by atoms with van der Waals surface area (Å²) < 4.78 is 2.39. The Morgan fingerprint density at radius 3 is 2.85 bits per heavy atom. The van der Waals surface area contributed by atoms with Gasteiger partial charge in [-0.2, -0.15) is 0 Å². The Morgan fingerprint density at radius 2 is 2.00 bits per heavy atom. The van der Waals surface area contributed by atoms with Crippen LogP contribution in [0.5, 0.6) is 0 Å². The summed E-state index contributed by atoms with van der Waals surface area (Å²) in [5.41, 5.74) is 2.33. The third kappa shape index (κ3) is 3.13. The highest BCUT2D eigenvalue weighted by Gasteiger charge is 2.39. The number of likely N-dealkylation sites (N-methyl/N-ethyl adjacent to an activating group) is 1. The summed E-state index contributed by atoms with van der Waals surface area (Å²) in [6.45, 7) is 5.18. The molecule has 1 aromatic carbocycles. The molecule has 26 heavy (non-hydrogen) atoms. The normalized spacial score (nSPS) is 24.7. The zero-order valence-electron chi connectivity index (χ0n) is 16.0. The highest BCUT2D eigenvalue weighted by molar-refractivity contribution is 5.76. The molecule has 4 rings (SSSR count). The molecule has 2 aliphatic rings. The van der Waals surface area contributed by atoms with Gasteiger partial charge in [-0.1, -0.05) is 25.5 Å². The molecule has 2 fully saturated rings. The summed E-state index contributed by atoms with van der Waals surface area (Å²) in [5.74, 6) is 1.49. The van der Waals surface area contributed by atoms with Crippen LogP contribution in [0.3, 0.4) is 0 Å². The predicted octanol–water partition coefficient (Wildman–Crippen LogP) is 3.42. The summed E-state index contributed by atoms with van der Waals surface area (Å²) in [5, 5.41) is 0. The maximum absolute atomic E-state index is 12.3. The standard InChI is InChI=1S/C21H30N4O/c1-3-13-25-17-9-5-4-8-16(17)22-20(25)15-24-14-12-18-19(24)10-6-7-11-21(26)23(18)2/h4-5,8-9,18-19H,3,6-7,10-15H2,1-2H3/t18-,19+/m0/s1. The Bertz CT molecular complexity index is 783. The quantitative estimate of drug-likeness (QED) is 0.845. The van der Waals surface area contributed by atoms with E-state index in [9.17, 15) is 4.79 Å². The van der Waals surface area contributed by atoms with Gasteiger partial charge < -0.3 is 9.47 Å². The lowest BCUT2D eigenvalue weighted by atomic mass is 9.97. The second-order valence-electron chi connectivity index (χ2n) is 7.81. The molecule has 2 aliphatic heterocycles. The molecular weight excluding hydrogens is 324 g/mol. The molecule has 0 saturated carbocycles. The van der Waals surface area contributed by atoms with Crippen molar-refractivity contribution in [3.8, 4) is 0 Å². The summed E-state index contributed by atoms with van der Waals surface area (Å²) in [6, 6.07) is 9.29. The van der Waals surface area contributed by atoms with E-state index in [1.165, 1.54) is 17.8 Å². The highest BCUT2D eigenvalue weighted by Crippen LogP contribution is 2.31. The van der Waals surface area contributed by atoms with Crippen molar-refractivity contribution in [2.75, 3.05) is 13.6 Å². The SMILES string of the molecule is CCCn1c(CN2CC[C@H]3[C@H]2CCCCC(=O)N3C)nc2ccccc21. The number of imidazole rings is 1. The van der Waals surface area contributed by atoms with Gasteiger partial charge in [0.2, 0.25) is 5.91 Å². The second-order valence-corrected chi connectivity index (χ2v) is 7.81. The van der Waals surface area contributed by atoms with Crippen molar-refractivity contribution < 1.29 is 4.79 Å². The van der Waals surface area contributed by atoms with Crippen LogP contribution in [0.4, 0.5) is 0 Å². The number of rotatable bonds is 4. The van der Waals surface area contributed by atoms with Gasteiger partial charge in [0.25, 0.3) is 0 Å². The molecule has 1 amide bonds. The molecular formula is C21H30N4O. The Kier molecular flexibility index (Phi) is 4.98. The monoisotopic (exact) mass is 354 g/mol. The molecule has 3 heterocycles. The van der Waals surface area contributed by atoms with E-state index in [2.05, 4.69) is 40.7 Å². The molecule has 0 bridgehead atoms. The highest BCUT2D eigenvalue weighted by atomic mass is 16.2. The van der Waals surface area contributed by atoms with Crippen molar-refractivity contribution in [3.05, 3.63) is 30.1 Å². The summed E-state index contributed by atoms with van der Waals surface area (Å²) in [4.78, 5) is 21.9. The van der Waals surface area contributed by atoms with Crippen molar-refractivity contribution in [3.63, 3.8) is 0 Å². The van der Waals surface area contributed by atoms with E-state index in [0.29, 0.717) is 24.4 Å². The van der Waals surface area contributed by atoms with Crippen molar-refractivity contribution in [1.29, 1.82) is 0 Å². The van der Waals surface area contributed by atoms with E-state index in [1.807, 2.05) is 11.9 Å². The minimum atomic E-state index is 0.319. The lowest BCUT2D eigenvalue weighted by Gasteiger charge is -2.35. The number of likely N-dealkylation sites (tertiary alicyclic amines) is 2. The number of carbonyl (C=O) groups excluding carboxylic acids is 1. The van der Waals surface area contributed by atoms with Crippen LogP contribution in [0.1, 0.15) is 51.3 Å². The first kappa shape index (κ1) is 17.5. The van der Waals surface area contributed by atoms with Crippen LogP contribution in [0, 0.1) is 0 Å². The predicted molar refractivity (Wildman–Crippen MR) is 104 cm³/mol. The minimum Gasteiger partial charge on any atom is -0.341 e. The average molecular weight is 354 g/mol. The van der Waals surface area contributed by atoms with Gasteiger partial charge in [0, 0.05) is 38.6 Å². The van der Waals surface area contributed by atoms with Crippen molar-refractivity contribution >= 4 is 16.9 Å². The third-order valence-electron chi connectivity index (χ3n) is 6.18. The molecule has 2 saturated heterocycles. The first-order chi connectivity index (χ1) is 12.7. The van der Waals surface area contributed by atoms with E-state index in [0.717, 1.165) is 50.8 Å². The van der Waals surface area contributed by atoms with E-state index < -0.39 is 0 Å². The van der Waals surface area contributed by atoms with Crippen LogP contribution in [-0.4, -0.2) is 50.9 Å². The number of para-hydroxylation sites is 2. The number of benzene rings is 1. The molecule has 2 atom stereocenters. The van der Waals surface area contributed by atoms with Gasteiger partial charge >= 0.3 is 0 Å². The number of hydrogen-bond donors (Lipinski definition) is 0. The number of amides is 1. The first-order valence-electron chi connectivity index (χ1n) is 10.1. The molecule has 140 valence electrons. The summed E-state index contributed by atoms with van der Waals surface area (Å²) >= 11 is 0. The van der Waals surface area contributed by atoms with Crippen LogP contribution in [0.25, 0.3) is 11.0 Å². The zero-order chi connectivity index (χ0) is 18.1. The van der Waals surface area contributed by atoms with Crippen LogP contribution in [0.2, 0.25) is 0 Å². The van der Waals surface area contributed by atoms with Gasteiger partial charge in [0.15, 0.2) is 0 Å². The maximum atomic E-state index is 12.3. The van der Waals surface area contributed by atoms with Gasteiger partial charge in [-0.15, -0.1) is 0 Å². The number of hydrogen-bond acceptors (Lipinski definition) is 3. The zero-order valence-corrected chi connectivity index (χ0v) is 16.0. The lowest BCUT2D eigenvalue weighted by Crippen LogP contribution is -2.47. The topological polar surface area (TPSA) is 41.4 Å². The average Bonchev–Trinajstić information content (AvgIpc) is 3.19. The maximum Gasteiger partial charge on any atom is 0.222 e. The Labute approximate surface area is 156 Å². The number of nitrogens with zero attached hydrogens (tertiary/aromatic N) is 4. The van der Waals surface area contributed by atoms with Gasteiger partial charge in [-0.05, 0) is 37.8 Å². The smallest absolute Gasteiger partial charge is 0.222 e. The fourth-order valence-corrected chi connectivity index (χ4v) is 4.81. The van der Waals surface area contributed by atoms with Crippen LogP contribution >= 0.6 is 0 Å². The summed E-state index contributed by atoms with van der Waals surface area (Å²) in [6.07, 6.45) is 6.27. The lowest BCUT2D eigenvalue weighted by molar-refractivity contribution is -0.133. The van der Waals surface area contributed by atoms with Gasteiger partial charge in [-0.3, -0.25) is 9.69 Å². The first-order valence-corrected chi connectivity index (χ1v) is 10.1. The number of carbonyl (C=O) groups is 1. The van der Waals surface area contributed by atoms with E-state index in [4.69, 9.17) is 4.98 Å². The van der Waals surface area contributed by atoms with Crippen LogP contribution in [-0.2, 0) is 17.9 Å². The Morgan fingerprint density at radius 1 is 1.15 bits per heavy atom. The molecule has 0 N–H and O–H groups in total. The van der Waals surface area contributed by atoms with Gasteiger partial charge in [0.05, 0.1) is 17.6 Å². The molecule has 5 heteroatoms. The summed E-state index contributed by atoms with van der Waals surface area (Å²) in [7, 11) is 2.00. The van der Waals surface area contributed by atoms with Crippen LogP contribution < -0.4 is 0 Å². The van der Waals surface area contributed by atoms with Crippen molar-refractivity contribution in [2.45, 2.75) is 70.6 Å². The molecule has 0 radical (unpaired) electrons. The van der Waals surface area contributed by atoms with Crippen LogP contribution in [0.15, 0.2) is 24.3 Å². The van der Waals surface area contributed by atoms with Crippen molar-refractivity contribution in [1.82, 2.24) is 19.4 Å². The van der Waals surface area contributed by atoms with E-state index >= 15 is 0 Å². The van der Waals surface area contributed by atoms with Gasteiger partial charge in [0.1, 0.15) is 5.82 Å². The molecule has 0 aliphatic carbocycles. The van der Waals surface area contributed by atoms with E-state index in [1.54, 1.807) is 0 Å². The molecule has 1 aromatic heterocycles. The van der Waals surface area contributed by atoms with Gasteiger partial charge in [-0.25, -0.2) is 4.98 Å². The number of fused-ring (bicyclic) bond motifs is 2. The molecule has 5 nitrogen and oxygen atoms in total. The number of aromatic nitrogens is 2. The Balaban J connectivity index is 1.60. The number of aryl methyl sites for hydroxylation is 1. The molecule has 0 unspecified atom stereocenters. The van der Waals surface area contributed by atoms with Crippen molar-refractivity contribution in [2.24, 2.45) is 0 Å². The largest absolute Gasteiger partial charge is 0.341 e. The van der Waals surface area contributed by atoms with E-state index in [-0.39, 0.29) is 0 Å². The minimum absolute atomic E-state index is 0.319. The molecule has 0 spiro atoms. The second kappa shape index (κ2) is 7.39. The third-order valence-corrected chi connectivity index (χ3v) is 6.18. The Hall–Kier alpha value is -1.88. The molecule has 2 aromatic rings. The fourth-order valence-electron chi connectivity index (χ4n) is 4.81.